The maximum absolute atomic E-state index is 12.2. The lowest BCUT2D eigenvalue weighted by molar-refractivity contribution is -0.141. The van der Waals surface area contributed by atoms with Crippen LogP contribution >= 0.6 is 11.3 Å². The molecule has 0 aliphatic rings. The summed E-state index contributed by atoms with van der Waals surface area (Å²) in [5.74, 6) is -0.0727. The Morgan fingerprint density at radius 3 is 2.68 bits per heavy atom. The normalized spacial score (nSPS) is 11.9. The van der Waals surface area contributed by atoms with Crippen LogP contribution < -0.4 is 11.1 Å². The summed E-state index contributed by atoms with van der Waals surface area (Å²) in [4.78, 5) is 13.1. The number of hydrogen-bond acceptors (Lipinski definition) is 7. The number of nitrogens with zero attached hydrogens (tertiary/aromatic N) is 3. The zero-order valence-electron chi connectivity index (χ0n) is 18.2. The highest BCUT2D eigenvalue weighted by atomic mass is 32.1. The number of nitriles is 1. The van der Waals surface area contributed by atoms with Crippen LogP contribution in [0.3, 0.4) is 0 Å². The molecule has 0 aliphatic carbocycles. The van der Waals surface area contributed by atoms with Crippen molar-refractivity contribution in [3.8, 4) is 11.8 Å². The summed E-state index contributed by atoms with van der Waals surface area (Å²) >= 11 is 1.40. The number of nitrogens with one attached hydrogen (secondary N) is 1. The van der Waals surface area contributed by atoms with Crippen LogP contribution in [-0.4, -0.2) is 28.9 Å². The molecule has 1 aromatic carbocycles. The molecule has 7 nitrogen and oxygen atoms in total. The van der Waals surface area contributed by atoms with Crippen molar-refractivity contribution >= 4 is 28.0 Å². The van der Waals surface area contributed by atoms with E-state index in [9.17, 15) is 10.1 Å². The molecule has 3 aromatic rings. The fourth-order valence-electron chi connectivity index (χ4n) is 3.44. The molecule has 3 N–H and O–H groups in total. The number of ether oxygens (including phenoxy) is 1. The van der Waals surface area contributed by atoms with E-state index in [-0.39, 0.29) is 11.9 Å². The quantitative estimate of drug-likeness (QED) is 0.509. The third kappa shape index (κ3) is 4.89. The van der Waals surface area contributed by atoms with Gasteiger partial charge in [-0.05, 0) is 37.0 Å². The van der Waals surface area contributed by atoms with Gasteiger partial charge in [0.15, 0.2) is 0 Å². The molecule has 0 saturated carbocycles. The number of aromatic nitrogens is 2. The average Bonchev–Trinajstić information content (AvgIpc) is 3.26. The molecule has 0 saturated heterocycles. The van der Waals surface area contributed by atoms with E-state index < -0.39 is 6.04 Å². The number of methoxy groups -OCH3 is 1. The number of nitrogens with two attached hydrogens (primary N) is 1. The molecular formula is C23H27N5O2S. The first-order valence-corrected chi connectivity index (χ1v) is 10.9. The van der Waals surface area contributed by atoms with E-state index in [1.165, 1.54) is 18.4 Å². The average molecular weight is 438 g/mol. The van der Waals surface area contributed by atoms with Crippen LogP contribution in [-0.2, 0) is 16.0 Å². The highest BCUT2D eigenvalue weighted by molar-refractivity contribution is 7.17. The van der Waals surface area contributed by atoms with E-state index in [1.54, 1.807) is 0 Å². The number of nitrogen functional groups attached to an aromatic ring is 1. The van der Waals surface area contributed by atoms with Crippen molar-refractivity contribution in [1.29, 1.82) is 5.26 Å². The minimum absolute atomic E-state index is 0.283. The third-order valence-corrected chi connectivity index (χ3v) is 6.23. The molecule has 1 atom stereocenters. The van der Waals surface area contributed by atoms with Gasteiger partial charge in [-0.3, -0.25) is 0 Å². The van der Waals surface area contributed by atoms with Gasteiger partial charge in [-0.25, -0.2) is 9.48 Å². The van der Waals surface area contributed by atoms with E-state index in [0.29, 0.717) is 29.1 Å². The number of rotatable bonds is 8. The molecule has 8 heteroatoms. The van der Waals surface area contributed by atoms with E-state index >= 15 is 0 Å². The van der Waals surface area contributed by atoms with E-state index in [2.05, 4.69) is 16.5 Å². The number of para-hydroxylation sites is 1. The SMILES string of the molecule is COC(=O)C(CC(C)C)Nc1sc(Cc2cnn(-c3ccccc3)c2C)c(N)c1C#N. The molecule has 0 aliphatic heterocycles. The van der Waals surface area contributed by atoms with Gasteiger partial charge in [-0.15, -0.1) is 11.3 Å². The second-order valence-corrected chi connectivity index (χ2v) is 8.89. The molecule has 1 unspecified atom stereocenters. The van der Waals surface area contributed by atoms with Crippen molar-refractivity contribution in [3.05, 3.63) is 58.2 Å². The molecule has 2 heterocycles. The van der Waals surface area contributed by atoms with Crippen molar-refractivity contribution in [3.63, 3.8) is 0 Å². The monoisotopic (exact) mass is 437 g/mol. The first kappa shape index (κ1) is 22.4. The molecule has 31 heavy (non-hydrogen) atoms. The summed E-state index contributed by atoms with van der Waals surface area (Å²) in [6.07, 6.45) is 2.98. The summed E-state index contributed by atoms with van der Waals surface area (Å²) in [5, 5.41) is 18.0. The summed E-state index contributed by atoms with van der Waals surface area (Å²) in [5.41, 5.74) is 10.2. The Hall–Kier alpha value is -3.31. The lowest BCUT2D eigenvalue weighted by Gasteiger charge is -2.18. The van der Waals surface area contributed by atoms with Crippen molar-refractivity contribution in [2.24, 2.45) is 5.92 Å². The van der Waals surface area contributed by atoms with E-state index in [1.807, 2.05) is 62.0 Å². The first-order chi connectivity index (χ1) is 14.8. The Balaban J connectivity index is 1.89. The third-order valence-electron chi connectivity index (χ3n) is 5.10. The molecule has 0 radical (unpaired) electrons. The van der Waals surface area contributed by atoms with Gasteiger partial charge in [0.05, 0.1) is 24.7 Å². The Morgan fingerprint density at radius 2 is 2.06 bits per heavy atom. The van der Waals surface area contributed by atoms with Crippen LogP contribution in [0.5, 0.6) is 0 Å². The fourth-order valence-corrected chi connectivity index (χ4v) is 4.59. The molecular weight excluding hydrogens is 410 g/mol. The topological polar surface area (TPSA) is 106 Å². The number of carbonyl (C=O) groups is 1. The number of anilines is 2. The molecule has 0 amide bonds. The largest absolute Gasteiger partial charge is 0.467 e. The van der Waals surface area contributed by atoms with Gasteiger partial charge in [0, 0.05) is 17.0 Å². The smallest absolute Gasteiger partial charge is 0.328 e. The minimum atomic E-state index is -0.537. The summed E-state index contributed by atoms with van der Waals surface area (Å²) < 4.78 is 6.82. The predicted molar refractivity (Wildman–Crippen MR) is 123 cm³/mol. The number of esters is 1. The highest BCUT2D eigenvalue weighted by Gasteiger charge is 2.25. The van der Waals surface area contributed by atoms with Crippen LogP contribution in [0.4, 0.5) is 10.7 Å². The molecule has 162 valence electrons. The van der Waals surface area contributed by atoms with Crippen molar-refractivity contribution in [1.82, 2.24) is 9.78 Å². The number of thiophene rings is 1. The van der Waals surface area contributed by atoms with Gasteiger partial charge >= 0.3 is 5.97 Å². The summed E-state index contributed by atoms with van der Waals surface area (Å²) in [6.45, 7) is 6.08. The van der Waals surface area contributed by atoms with Gasteiger partial charge < -0.3 is 15.8 Å². The zero-order valence-corrected chi connectivity index (χ0v) is 19.0. The second-order valence-electron chi connectivity index (χ2n) is 7.78. The van der Waals surface area contributed by atoms with Crippen molar-refractivity contribution < 1.29 is 9.53 Å². The maximum Gasteiger partial charge on any atom is 0.328 e. The van der Waals surface area contributed by atoms with Gasteiger partial charge in [-0.1, -0.05) is 32.0 Å². The maximum atomic E-state index is 12.2. The second kappa shape index (κ2) is 9.67. The van der Waals surface area contributed by atoms with E-state index in [0.717, 1.165) is 21.8 Å². The van der Waals surface area contributed by atoms with Gasteiger partial charge in [0.1, 0.15) is 22.7 Å². The Bertz CT molecular complexity index is 1100. The standard InChI is InChI=1S/C23H27N5O2S/c1-14(2)10-19(23(29)30-4)27-22-18(12-24)21(25)20(31-22)11-16-13-26-28(15(16)3)17-8-6-5-7-9-17/h5-9,13-14,19,27H,10-11,25H2,1-4H3. The van der Waals surface area contributed by atoms with Gasteiger partial charge in [0.25, 0.3) is 0 Å². The van der Waals surface area contributed by atoms with Gasteiger partial charge in [-0.2, -0.15) is 10.4 Å². The number of benzene rings is 1. The zero-order chi connectivity index (χ0) is 22.5. The van der Waals surface area contributed by atoms with Crippen LogP contribution in [0.15, 0.2) is 36.5 Å². The highest BCUT2D eigenvalue weighted by Crippen LogP contribution is 2.38. The van der Waals surface area contributed by atoms with Crippen LogP contribution in [0.1, 0.15) is 42.0 Å². The van der Waals surface area contributed by atoms with Crippen LogP contribution in [0.2, 0.25) is 0 Å². The number of carbonyl (C=O) groups excluding carboxylic acids is 1. The first-order valence-electron chi connectivity index (χ1n) is 10.1. The summed E-state index contributed by atoms with van der Waals surface area (Å²) in [6, 6.07) is 11.6. The Labute approximate surface area is 186 Å². The van der Waals surface area contributed by atoms with Crippen molar-refractivity contribution in [2.45, 2.75) is 39.7 Å². The van der Waals surface area contributed by atoms with Crippen LogP contribution in [0.25, 0.3) is 5.69 Å². The van der Waals surface area contributed by atoms with Crippen LogP contribution in [0, 0.1) is 24.2 Å². The molecule has 3 rings (SSSR count). The van der Waals surface area contributed by atoms with Crippen molar-refractivity contribution in [2.75, 3.05) is 18.2 Å². The number of hydrogen-bond donors (Lipinski definition) is 2. The summed E-state index contributed by atoms with van der Waals surface area (Å²) in [7, 11) is 1.37. The molecule has 2 aromatic heterocycles. The lowest BCUT2D eigenvalue weighted by atomic mass is 10.0. The lowest BCUT2D eigenvalue weighted by Crippen LogP contribution is -2.32. The fraction of sp³-hybridized carbons (Fsp3) is 0.348. The van der Waals surface area contributed by atoms with E-state index in [4.69, 9.17) is 10.5 Å². The predicted octanol–water partition coefficient (Wildman–Crippen LogP) is 4.29. The Kier molecular flexibility index (Phi) is 6.98. The molecule has 0 fully saturated rings. The molecule has 0 spiro atoms. The molecule has 0 bridgehead atoms. The van der Waals surface area contributed by atoms with Gasteiger partial charge in [0.2, 0.25) is 0 Å². The minimum Gasteiger partial charge on any atom is -0.467 e. The Morgan fingerprint density at radius 1 is 1.35 bits per heavy atom.